The van der Waals surface area contributed by atoms with Gasteiger partial charge in [0.2, 0.25) is 0 Å². The number of anilines is 1. The molecule has 3 heterocycles. The molecule has 2 aromatic rings. The first-order chi connectivity index (χ1) is 8.13. The monoisotopic (exact) mass is 232 g/mol. The number of aromatic nitrogens is 4. The van der Waals surface area contributed by atoms with Crippen LogP contribution in [0.1, 0.15) is 13.3 Å². The van der Waals surface area contributed by atoms with Crippen LogP contribution in [0, 0.1) is 0 Å². The lowest BCUT2D eigenvalue weighted by molar-refractivity contribution is 0.321. The molecular weight excluding hydrogens is 216 g/mol. The molecule has 90 valence electrons. The van der Waals surface area contributed by atoms with Crippen molar-refractivity contribution in [3.05, 3.63) is 12.5 Å². The van der Waals surface area contributed by atoms with Gasteiger partial charge in [0.25, 0.3) is 0 Å². The largest absolute Gasteiger partial charge is 0.352 e. The van der Waals surface area contributed by atoms with Crippen LogP contribution < -0.4 is 10.6 Å². The zero-order chi connectivity index (χ0) is 12.0. The molecule has 6 nitrogen and oxygen atoms in total. The second kappa shape index (κ2) is 3.40. The molecule has 1 aliphatic heterocycles. The van der Waals surface area contributed by atoms with E-state index < -0.39 is 0 Å². The predicted molar refractivity (Wildman–Crippen MR) is 65.7 cm³/mol. The van der Waals surface area contributed by atoms with Crippen molar-refractivity contribution in [3.8, 4) is 0 Å². The summed E-state index contributed by atoms with van der Waals surface area (Å²) in [6.45, 7) is 3.83. The molecule has 3 rings (SSSR count). The highest BCUT2D eigenvalue weighted by Gasteiger charge is 2.39. The van der Waals surface area contributed by atoms with Gasteiger partial charge in [0, 0.05) is 20.1 Å². The van der Waals surface area contributed by atoms with E-state index in [0.717, 1.165) is 36.4 Å². The van der Waals surface area contributed by atoms with Gasteiger partial charge < -0.3 is 10.6 Å². The quantitative estimate of drug-likeness (QED) is 0.805. The highest BCUT2D eigenvalue weighted by atomic mass is 15.3. The van der Waals surface area contributed by atoms with Crippen LogP contribution in [0.2, 0.25) is 0 Å². The smallest absolute Gasteiger partial charge is 0.163 e. The second-order valence-corrected chi connectivity index (χ2v) is 4.77. The molecule has 0 spiro atoms. The topological polar surface area (TPSA) is 72.9 Å². The van der Waals surface area contributed by atoms with Gasteiger partial charge in [-0.05, 0) is 6.42 Å². The lowest BCUT2D eigenvalue weighted by atomic mass is 9.88. The molecule has 17 heavy (non-hydrogen) atoms. The van der Waals surface area contributed by atoms with E-state index in [1.807, 2.05) is 13.2 Å². The maximum atomic E-state index is 6.17. The molecule has 0 bridgehead atoms. The van der Waals surface area contributed by atoms with Crippen LogP contribution in [0.3, 0.4) is 0 Å². The molecule has 1 saturated heterocycles. The van der Waals surface area contributed by atoms with E-state index in [-0.39, 0.29) is 5.54 Å². The predicted octanol–water partition coefficient (Wildman–Crippen LogP) is 0.291. The Morgan fingerprint density at radius 2 is 2.18 bits per heavy atom. The Balaban J connectivity index is 1.97. The van der Waals surface area contributed by atoms with E-state index in [1.165, 1.54) is 0 Å². The Kier molecular flexibility index (Phi) is 2.09. The highest BCUT2D eigenvalue weighted by Crippen LogP contribution is 2.30. The summed E-state index contributed by atoms with van der Waals surface area (Å²) in [7, 11) is 1.88. The molecule has 0 aliphatic carbocycles. The molecule has 0 unspecified atom stereocenters. The molecule has 0 atom stereocenters. The molecule has 1 fully saturated rings. The summed E-state index contributed by atoms with van der Waals surface area (Å²) in [6.07, 6.45) is 4.39. The Hall–Kier alpha value is -1.69. The Labute approximate surface area is 99.4 Å². The average Bonchev–Trinajstić information content (AvgIpc) is 2.67. The molecular formula is C11H16N6. The summed E-state index contributed by atoms with van der Waals surface area (Å²) in [5, 5.41) is 5.20. The van der Waals surface area contributed by atoms with Gasteiger partial charge in [0.15, 0.2) is 5.65 Å². The summed E-state index contributed by atoms with van der Waals surface area (Å²) in [6, 6.07) is 0. The van der Waals surface area contributed by atoms with Crippen molar-refractivity contribution in [2.24, 2.45) is 12.8 Å². The minimum absolute atomic E-state index is 0.0561. The van der Waals surface area contributed by atoms with E-state index in [0.29, 0.717) is 0 Å². The molecule has 2 aromatic heterocycles. The molecule has 0 radical (unpaired) electrons. The van der Waals surface area contributed by atoms with E-state index in [9.17, 15) is 0 Å². The first-order valence-electron chi connectivity index (χ1n) is 5.79. The SMILES string of the molecule is CCC1(N)CN(c2ncnc3c2cnn3C)C1. The highest BCUT2D eigenvalue weighted by molar-refractivity contribution is 5.87. The third-order valence-electron chi connectivity index (χ3n) is 3.52. The standard InChI is InChI=1S/C11H16N6/c1-3-11(12)5-17(6-11)10-8-4-15-16(2)9(8)13-7-14-10/h4,7H,3,5-6,12H2,1-2H3. The van der Waals surface area contributed by atoms with Crippen LogP contribution in [0.5, 0.6) is 0 Å². The van der Waals surface area contributed by atoms with Gasteiger partial charge in [-0.3, -0.25) is 4.68 Å². The van der Waals surface area contributed by atoms with Crippen LogP contribution in [0.4, 0.5) is 5.82 Å². The Bertz CT molecular complexity index is 554. The fourth-order valence-electron chi connectivity index (χ4n) is 2.29. The van der Waals surface area contributed by atoms with Crippen molar-refractivity contribution in [2.45, 2.75) is 18.9 Å². The van der Waals surface area contributed by atoms with Crippen LogP contribution >= 0.6 is 0 Å². The van der Waals surface area contributed by atoms with Gasteiger partial charge in [0.1, 0.15) is 12.1 Å². The minimum atomic E-state index is -0.0561. The van der Waals surface area contributed by atoms with Crippen LogP contribution in [0.15, 0.2) is 12.5 Å². The molecule has 1 aliphatic rings. The first-order valence-corrected chi connectivity index (χ1v) is 5.79. The van der Waals surface area contributed by atoms with Crippen molar-refractivity contribution < 1.29 is 0 Å². The summed E-state index contributed by atoms with van der Waals surface area (Å²) in [5.74, 6) is 0.942. The van der Waals surface area contributed by atoms with Gasteiger partial charge in [-0.15, -0.1) is 0 Å². The van der Waals surface area contributed by atoms with Crippen molar-refractivity contribution >= 4 is 16.9 Å². The zero-order valence-corrected chi connectivity index (χ0v) is 10.1. The normalized spacial score (nSPS) is 18.4. The van der Waals surface area contributed by atoms with Crippen LogP contribution in [-0.4, -0.2) is 38.4 Å². The van der Waals surface area contributed by atoms with E-state index in [1.54, 1.807) is 11.0 Å². The number of fused-ring (bicyclic) bond motifs is 1. The third-order valence-corrected chi connectivity index (χ3v) is 3.52. The van der Waals surface area contributed by atoms with Gasteiger partial charge in [0.05, 0.1) is 17.1 Å². The first kappa shape index (κ1) is 10.5. The number of aryl methyl sites for hydroxylation is 1. The van der Waals surface area contributed by atoms with Gasteiger partial charge >= 0.3 is 0 Å². The van der Waals surface area contributed by atoms with Gasteiger partial charge in [-0.1, -0.05) is 6.92 Å². The minimum Gasteiger partial charge on any atom is -0.352 e. The number of hydrogen-bond donors (Lipinski definition) is 1. The summed E-state index contributed by atoms with van der Waals surface area (Å²) >= 11 is 0. The van der Waals surface area contributed by atoms with E-state index in [2.05, 4.69) is 26.9 Å². The van der Waals surface area contributed by atoms with E-state index >= 15 is 0 Å². The number of nitrogens with zero attached hydrogens (tertiary/aromatic N) is 5. The van der Waals surface area contributed by atoms with E-state index in [4.69, 9.17) is 5.73 Å². The molecule has 0 aromatic carbocycles. The fourth-order valence-corrected chi connectivity index (χ4v) is 2.29. The average molecular weight is 232 g/mol. The zero-order valence-electron chi connectivity index (χ0n) is 10.1. The molecule has 0 saturated carbocycles. The maximum absolute atomic E-state index is 6.17. The van der Waals surface area contributed by atoms with Crippen molar-refractivity contribution in [1.82, 2.24) is 19.7 Å². The number of hydrogen-bond acceptors (Lipinski definition) is 5. The lowest BCUT2D eigenvalue weighted by Gasteiger charge is -2.48. The Morgan fingerprint density at radius 1 is 1.41 bits per heavy atom. The summed E-state index contributed by atoms with van der Waals surface area (Å²) < 4.78 is 1.76. The van der Waals surface area contributed by atoms with Crippen LogP contribution in [0.25, 0.3) is 11.0 Å². The Morgan fingerprint density at radius 3 is 2.88 bits per heavy atom. The van der Waals surface area contributed by atoms with Gasteiger partial charge in [-0.25, -0.2) is 9.97 Å². The molecule has 0 amide bonds. The number of nitrogens with two attached hydrogens (primary N) is 1. The van der Waals surface area contributed by atoms with Crippen molar-refractivity contribution in [3.63, 3.8) is 0 Å². The lowest BCUT2D eigenvalue weighted by Crippen LogP contribution is -2.67. The van der Waals surface area contributed by atoms with Gasteiger partial charge in [-0.2, -0.15) is 5.10 Å². The second-order valence-electron chi connectivity index (χ2n) is 4.77. The maximum Gasteiger partial charge on any atom is 0.163 e. The summed E-state index contributed by atoms with van der Waals surface area (Å²) in [5.41, 5.74) is 6.98. The fraction of sp³-hybridized carbons (Fsp3) is 0.545. The van der Waals surface area contributed by atoms with Crippen molar-refractivity contribution in [1.29, 1.82) is 0 Å². The summed E-state index contributed by atoms with van der Waals surface area (Å²) in [4.78, 5) is 10.8. The van der Waals surface area contributed by atoms with Crippen LogP contribution in [-0.2, 0) is 7.05 Å². The van der Waals surface area contributed by atoms with Crippen molar-refractivity contribution in [2.75, 3.05) is 18.0 Å². The third kappa shape index (κ3) is 1.48. The molecule has 2 N–H and O–H groups in total. The molecule has 6 heteroatoms. The number of rotatable bonds is 2.